The minimum absolute atomic E-state index is 0. The van der Waals surface area contributed by atoms with E-state index < -0.39 is 41.5 Å². The number of alkyl halides is 6. The van der Waals surface area contributed by atoms with Crippen molar-refractivity contribution >= 4 is 29.1 Å². The Bertz CT molecular complexity index is 1560. The average Bonchev–Trinajstić information content (AvgIpc) is 3.57. The zero-order valence-electron chi connectivity index (χ0n) is 24.5. The van der Waals surface area contributed by atoms with Crippen molar-refractivity contribution in [1.82, 2.24) is 4.90 Å². The predicted octanol–water partition coefficient (Wildman–Crippen LogP) is 5.24. The number of carbonyl (C=O) groups excluding carboxylic acids is 1. The smallest absolute Gasteiger partial charge is 0.416 e. The zero-order chi connectivity index (χ0) is 32.3. The van der Waals surface area contributed by atoms with E-state index in [0.717, 1.165) is 37.0 Å². The molecule has 0 spiro atoms. The molecule has 1 unspecified atom stereocenters. The van der Waals surface area contributed by atoms with Gasteiger partial charge >= 0.3 is 12.4 Å². The van der Waals surface area contributed by atoms with Crippen molar-refractivity contribution in [2.75, 3.05) is 39.3 Å². The van der Waals surface area contributed by atoms with Crippen LogP contribution in [0, 0.1) is 0 Å². The van der Waals surface area contributed by atoms with Crippen LogP contribution in [0.5, 0.6) is 0 Å². The summed E-state index contributed by atoms with van der Waals surface area (Å²) in [6, 6.07) is 16.9. The summed E-state index contributed by atoms with van der Waals surface area (Å²) in [6.07, 6.45) is -7.46. The SMILES string of the molecule is O=C1COC(CC[N+]23CCC(c4ccccc4)(CC2)C3)(c2ccc(Cl)c(Cl)c2)CN1Cc1cc(C(F)(F)F)cc(C(F)(F)F)c1.[Cl-]. The summed E-state index contributed by atoms with van der Waals surface area (Å²) in [5.41, 5.74) is -2.18. The van der Waals surface area contributed by atoms with Crippen molar-refractivity contribution in [3.8, 4) is 0 Å². The molecule has 3 aromatic carbocycles. The molecule has 1 atom stereocenters. The molecule has 1 amide bonds. The molecule has 46 heavy (non-hydrogen) atoms. The Kier molecular flexibility index (Phi) is 9.47. The molecule has 0 N–H and O–H groups in total. The molecule has 0 aliphatic carbocycles. The lowest BCUT2D eigenvalue weighted by Gasteiger charge is -2.45. The molecule has 248 valence electrons. The zero-order valence-corrected chi connectivity index (χ0v) is 26.8. The highest BCUT2D eigenvalue weighted by Gasteiger charge is 2.57. The Morgan fingerprint density at radius 2 is 1.46 bits per heavy atom. The fourth-order valence-electron chi connectivity index (χ4n) is 7.45. The van der Waals surface area contributed by atoms with Crippen molar-refractivity contribution in [3.63, 3.8) is 0 Å². The second-order valence-electron chi connectivity index (χ2n) is 12.6. The van der Waals surface area contributed by atoms with Crippen molar-refractivity contribution in [2.24, 2.45) is 0 Å². The number of amides is 1. The van der Waals surface area contributed by atoms with Gasteiger partial charge in [0.2, 0.25) is 5.91 Å². The van der Waals surface area contributed by atoms with Gasteiger partial charge in [-0.1, -0.05) is 59.6 Å². The van der Waals surface area contributed by atoms with Crippen molar-refractivity contribution in [2.45, 2.75) is 49.2 Å². The Labute approximate surface area is 279 Å². The third kappa shape index (κ3) is 6.74. The number of morpholine rings is 1. The van der Waals surface area contributed by atoms with Gasteiger partial charge in [0, 0.05) is 25.8 Å². The normalized spacial score (nSPS) is 26.3. The van der Waals surface area contributed by atoms with Gasteiger partial charge in [-0.15, -0.1) is 0 Å². The lowest BCUT2D eigenvalue weighted by Crippen LogP contribution is -3.00. The van der Waals surface area contributed by atoms with E-state index in [1.165, 1.54) is 10.5 Å². The van der Waals surface area contributed by atoms with Crippen molar-refractivity contribution in [1.29, 1.82) is 0 Å². The van der Waals surface area contributed by atoms with Crippen LogP contribution in [0.4, 0.5) is 26.3 Å². The Balaban J connectivity index is 0.00000417. The topological polar surface area (TPSA) is 29.5 Å². The third-order valence-corrected chi connectivity index (χ3v) is 10.6. The maximum Gasteiger partial charge on any atom is 0.416 e. The standard InChI is InChI=1S/C33H31Cl2F6N2O2.ClH/c34-27-7-6-24(17-28(27)35)31(10-13-43-11-8-30(21-43,9-12-43)23-4-2-1-3-5-23)20-42(29(44)19-45-31)18-22-14-25(32(36,37)38)16-26(15-22)33(39,40)41;/h1-7,14-17H,8-13,18-21H2;1H/q+1;/p-1. The van der Waals surface area contributed by atoms with E-state index in [-0.39, 0.29) is 47.6 Å². The largest absolute Gasteiger partial charge is 1.00 e. The summed E-state index contributed by atoms with van der Waals surface area (Å²) >= 11 is 12.6. The Morgan fingerprint density at radius 1 is 0.826 bits per heavy atom. The van der Waals surface area contributed by atoms with Gasteiger partial charge < -0.3 is 26.5 Å². The van der Waals surface area contributed by atoms with Gasteiger partial charge in [-0.05, 0) is 47.0 Å². The highest BCUT2D eigenvalue weighted by atomic mass is 35.5. The number of carbonyl (C=O) groups is 1. The molecule has 2 bridgehead atoms. The maximum atomic E-state index is 13.6. The van der Waals surface area contributed by atoms with Gasteiger partial charge in [-0.2, -0.15) is 26.3 Å². The second-order valence-corrected chi connectivity index (χ2v) is 13.5. The van der Waals surface area contributed by atoms with Gasteiger partial charge in [-0.3, -0.25) is 4.79 Å². The molecular formula is C33H31Cl3F6N2O2. The highest BCUT2D eigenvalue weighted by molar-refractivity contribution is 6.42. The summed E-state index contributed by atoms with van der Waals surface area (Å²) in [5.74, 6) is -0.533. The van der Waals surface area contributed by atoms with E-state index in [2.05, 4.69) is 24.3 Å². The molecule has 0 radical (unpaired) electrons. The Morgan fingerprint density at radius 3 is 2.04 bits per heavy atom. The van der Waals surface area contributed by atoms with Crippen LogP contribution >= 0.6 is 23.2 Å². The van der Waals surface area contributed by atoms with Gasteiger partial charge in [0.15, 0.2) is 0 Å². The van der Waals surface area contributed by atoms with Crippen LogP contribution in [-0.2, 0) is 39.4 Å². The van der Waals surface area contributed by atoms with E-state index in [1.807, 2.05) is 6.07 Å². The summed E-state index contributed by atoms with van der Waals surface area (Å²) in [6.45, 7) is 2.69. The first kappa shape index (κ1) is 34.8. The fourth-order valence-corrected chi connectivity index (χ4v) is 7.75. The first-order chi connectivity index (χ1) is 21.1. The number of ether oxygens (including phenoxy) is 1. The number of nitrogens with zero attached hydrogens (tertiary/aromatic N) is 2. The fraction of sp³-hybridized carbons (Fsp3) is 0.424. The Hall–Kier alpha value is -2.50. The molecule has 6 rings (SSSR count). The number of benzene rings is 3. The maximum absolute atomic E-state index is 13.6. The van der Waals surface area contributed by atoms with Gasteiger partial charge in [0.25, 0.3) is 0 Å². The minimum Gasteiger partial charge on any atom is -1.00 e. The van der Waals surface area contributed by atoms with Crippen LogP contribution in [0.15, 0.2) is 66.7 Å². The van der Waals surface area contributed by atoms with E-state index in [9.17, 15) is 31.1 Å². The van der Waals surface area contributed by atoms with E-state index >= 15 is 0 Å². The molecule has 3 aliphatic heterocycles. The molecule has 0 saturated carbocycles. The molecule has 4 nitrogen and oxygen atoms in total. The third-order valence-electron chi connectivity index (χ3n) is 9.88. The van der Waals surface area contributed by atoms with E-state index in [0.29, 0.717) is 35.7 Å². The van der Waals surface area contributed by atoms with Crippen LogP contribution in [0.1, 0.15) is 47.1 Å². The van der Waals surface area contributed by atoms with E-state index in [1.54, 1.807) is 18.2 Å². The summed E-state index contributed by atoms with van der Waals surface area (Å²) < 4.78 is 88.6. The molecule has 3 fully saturated rings. The lowest BCUT2D eigenvalue weighted by molar-refractivity contribution is -0.910. The molecule has 0 aromatic heterocycles. The van der Waals surface area contributed by atoms with Crippen LogP contribution in [-0.4, -0.2) is 54.6 Å². The molecule has 3 heterocycles. The first-order valence-corrected chi connectivity index (χ1v) is 15.4. The van der Waals surface area contributed by atoms with Crippen LogP contribution in [0.25, 0.3) is 0 Å². The van der Waals surface area contributed by atoms with E-state index in [4.69, 9.17) is 27.9 Å². The number of piperidine rings is 1. The lowest BCUT2D eigenvalue weighted by atomic mass is 9.78. The number of quaternary nitrogens is 1. The second kappa shape index (κ2) is 12.5. The monoisotopic (exact) mass is 706 g/mol. The van der Waals surface area contributed by atoms with Crippen LogP contribution in [0.3, 0.4) is 0 Å². The van der Waals surface area contributed by atoms with Crippen LogP contribution in [0.2, 0.25) is 10.0 Å². The number of halogens is 9. The molecule has 13 heteroatoms. The number of hydrogen-bond acceptors (Lipinski definition) is 2. The summed E-state index contributed by atoms with van der Waals surface area (Å²) in [4.78, 5) is 14.4. The van der Waals surface area contributed by atoms with Gasteiger partial charge in [0.1, 0.15) is 12.2 Å². The minimum atomic E-state index is -5.00. The average molecular weight is 708 g/mol. The highest BCUT2D eigenvalue weighted by Crippen LogP contribution is 2.49. The van der Waals surface area contributed by atoms with Gasteiger partial charge in [-0.25, -0.2) is 0 Å². The van der Waals surface area contributed by atoms with Crippen molar-refractivity contribution < 1.29 is 52.8 Å². The van der Waals surface area contributed by atoms with Gasteiger partial charge in [0.05, 0.1) is 59.3 Å². The molecular weight excluding hydrogens is 677 g/mol. The molecule has 3 aromatic rings. The van der Waals surface area contributed by atoms with Crippen molar-refractivity contribution in [3.05, 3.63) is 105 Å². The molecule has 3 saturated heterocycles. The number of rotatable bonds is 7. The van der Waals surface area contributed by atoms with Crippen LogP contribution < -0.4 is 12.4 Å². The predicted molar refractivity (Wildman–Crippen MR) is 158 cm³/mol. The summed E-state index contributed by atoms with van der Waals surface area (Å²) in [7, 11) is 0. The number of fused-ring (bicyclic) bond motifs is 2. The number of hydrogen-bond donors (Lipinski definition) is 0. The first-order valence-electron chi connectivity index (χ1n) is 14.7. The molecule has 3 aliphatic rings. The quantitative estimate of drug-likeness (QED) is 0.249. The summed E-state index contributed by atoms with van der Waals surface area (Å²) in [5, 5.41) is 0.585.